The van der Waals surface area contributed by atoms with E-state index < -0.39 is 6.43 Å². The van der Waals surface area contributed by atoms with Crippen LogP contribution in [-0.4, -0.2) is 31.2 Å². The van der Waals surface area contributed by atoms with E-state index in [-0.39, 0.29) is 12.5 Å². The van der Waals surface area contributed by atoms with Gasteiger partial charge in [0.05, 0.1) is 17.9 Å². The first-order valence-corrected chi connectivity index (χ1v) is 8.83. The Kier molecular flexibility index (Phi) is 4.46. The molecule has 1 atom stereocenters. The molecule has 5 nitrogen and oxygen atoms in total. The van der Waals surface area contributed by atoms with Gasteiger partial charge in [-0.2, -0.15) is 5.10 Å². The number of hydrogen-bond acceptors (Lipinski definition) is 3. The first-order chi connectivity index (χ1) is 12.2. The van der Waals surface area contributed by atoms with Gasteiger partial charge in [-0.05, 0) is 31.2 Å². The third-order valence-electron chi connectivity index (χ3n) is 5.19. The molecule has 3 heterocycles. The van der Waals surface area contributed by atoms with Crippen molar-refractivity contribution in [1.82, 2.24) is 24.7 Å². The maximum Gasteiger partial charge on any atom is 0.238 e. The highest BCUT2D eigenvalue weighted by Crippen LogP contribution is 2.38. The molecular formula is C18H21F2N5. The van der Waals surface area contributed by atoms with Gasteiger partial charge in [-0.25, -0.2) is 18.7 Å². The standard InChI is InChI=1S/C18H21F2N5/c19-16(20)6-5-15(12-3-1-2-4-12)25-10-13(9-24-25)17-14-7-8-21-18(14)23-11-22-17/h7-12,15-16H,1-6H2,(H,21,22,23). The van der Waals surface area contributed by atoms with Crippen molar-refractivity contribution < 1.29 is 8.78 Å². The van der Waals surface area contributed by atoms with Crippen LogP contribution in [0.4, 0.5) is 8.78 Å². The third-order valence-corrected chi connectivity index (χ3v) is 5.19. The second-order valence-electron chi connectivity index (χ2n) is 6.75. The molecule has 1 fully saturated rings. The van der Waals surface area contributed by atoms with Crippen LogP contribution < -0.4 is 0 Å². The number of aromatic nitrogens is 5. The summed E-state index contributed by atoms with van der Waals surface area (Å²) >= 11 is 0. The van der Waals surface area contributed by atoms with Gasteiger partial charge < -0.3 is 4.98 Å². The fraction of sp³-hybridized carbons (Fsp3) is 0.500. The second-order valence-corrected chi connectivity index (χ2v) is 6.75. The van der Waals surface area contributed by atoms with E-state index in [2.05, 4.69) is 20.1 Å². The summed E-state index contributed by atoms with van der Waals surface area (Å²) in [6.45, 7) is 0. The van der Waals surface area contributed by atoms with Crippen LogP contribution >= 0.6 is 0 Å². The number of hydrogen-bond donors (Lipinski definition) is 1. The van der Waals surface area contributed by atoms with E-state index >= 15 is 0 Å². The van der Waals surface area contributed by atoms with Gasteiger partial charge >= 0.3 is 0 Å². The largest absolute Gasteiger partial charge is 0.346 e. The maximum absolute atomic E-state index is 12.8. The van der Waals surface area contributed by atoms with E-state index in [0.29, 0.717) is 12.3 Å². The number of halogens is 2. The topological polar surface area (TPSA) is 59.4 Å². The lowest BCUT2D eigenvalue weighted by atomic mass is 9.94. The molecule has 25 heavy (non-hydrogen) atoms. The summed E-state index contributed by atoms with van der Waals surface area (Å²) in [6, 6.07) is 1.97. The van der Waals surface area contributed by atoms with Crippen molar-refractivity contribution in [2.75, 3.05) is 0 Å². The van der Waals surface area contributed by atoms with Gasteiger partial charge in [-0.15, -0.1) is 0 Å². The average molecular weight is 345 g/mol. The monoisotopic (exact) mass is 345 g/mol. The SMILES string of the molecule is FC(F)CCC(C1CCCC1)n1cc(-c2ncnc3[nH]ccc23)cn1. The van der Waals surface area contributed by atoms with Crippen molar-refractivity contribution in [1.29, 1.82) is 0 Å². The number of alkyl halides is 2. The van der Waals surface area contributed by atoms with Gasteiger partial charge in [0.25, 0.3) is 0 Å². The van der Waals surface area contributed by atoms with Crippen molar-refractivity contribution in [2.24, 2.45) is 5.92 Å². The summed E-state index contributed by atoms with van der Waals surface area (Å²) in [6.07, 6.45) is 9.76. The first kappa shape index (κ1) is 16.2. The van der Waals surface area contributed by atoms with Gasteiger partial charge in [0.2, 0.25) is 6.43 Å². The van der Waals surface area contributed by atoms with Crippen LogP contribution in [0, 0.1) is 5.92 Å². The molecule has 3 aromatic rings. The number of nitrogens with one attached hydrogen (secondary N) is 1. The molecule has 3 aromatic heterocycles. The molecule has 1 unspecified atom stereocenters. The number of aromatic amines is 1. The van der Waals surface area contributed by atoms with E-state index in [1.54, 1.807) is 6.20 Å². The van der Waals surface area contributed by atoms with Gasteiger partial charge in [0, 0.05) is 29.8 Å². The van der Waals surface area contributed by atoms with Crippen molar-refractivity contribution in [3.8, 4) is 11.3 Å². The maximum atomic E-state index is 12.8. The number of rotatable bonds is 6. The fourth-order valence-electron chi connectivity index (χ4n) is 3.97. The molecule has 0 amide bonds. The number of nitrogens with zero attached hydrogens (tertiary/aromatic N) is 4. The molecule has 0 radical (unpaired) electrons. The van der Waals surface area contributed by atoms with E-state index in [9.17, 15) is 8.78 Å². The predicted octanol–water partition coefficient (Wildman–Crippen LogP) is 4.60. The van der Waals surface area contributed by atoms with Crippen molar-refractivity contribution in [3.63, 3.8) is 0 Å². The van der Waals surface area contributed by atoms with Crippen LogP contribution in [0.2, 0.25) is 0 Å². The summed E-state index contributed by atoms with van der Waals surface area (Å²) < 4.78 is 27.4. The van der Waals surface area contributed by atoms with Crippen LogP contribution in [0.1, 0.15) is 44.6 Å². The van der Waals surface area contributed by atoms with Crippen LogP contribution in [0.3, 0.4) is 0 Å². The van der Waals surface area contributed by atoms with Gasteiger partial charge in [-0.1, -0.05) is 12.8 Å². The minimum atomic E-state index is -2.26. The normalized spacial score (nSPS) is 16.9. The van der Waals surface area contributed by atoms with E-state index in [1.165, 1.54) is 19.2 Å². The zero-order chi connectivity index (χ0) is 17.2. The second kappa shape index (κ2) is 6.90. The Labute approximate surface area is 144 Å². The Hall–Kier alpha value is -2.31. The Morgan fingerprint density at radius 1 is 1.20 bits per heavy atom. The lowest BCUT2D eigenvalue weighted by molar-refractivity contribution is 0.120. The zero-order valence-corrected chi connectivity index (χ0v) is 13.9. The summed E-state index contributed by atoms with van der Waals surface area (Å²) in [5.74, 6) is 0.434. The molecule has 0 bridgehead atoms. The van der Waals surface area contributed by atoms with Crippen LogP contribution in [0.15, 0.2) is 31.0 Å². The van der Waals surface area contributed by atoms with Crippen LogP contribution in [0.5, 0.6) is 0 Å². The number of H-pyrrole nitrogens is 1. The summed E-state index contributed by atoms with van der Waals surface area (Å²) in [5.41, 5.74) is 2.49. The number of fused-ring (bicyclic) bond motifs is 1. The van der Waals surface area contributed by atoms with Crippen molar-refractivity contribution in [3.05, 3.63) is 31.0 Å². The Morgan fingerprint density at radius 3 is 2.84 bits per heavy atom. The van der Waals surface area contributed by atoms with E-state index in [0.717, 1.165) is 35.1 Å². The molecule has 0 aromatic carbocycles. The molecule has 1 aliphatic rings. The molecule has 4 rings (SSSR count). The lowest BCUT2D eigenvalue weighted by Gasteiger charge is -2.24. The zero-order valence-electron chi connectivity index (χ0n) is 13.9. The van der Waals surface area contributed by atoms with Gasteiger partial charge in [-0.3, -0.25) is 4.68 Å². The molecule has 0 aliphatic heterocycles. The molecule has 7 heteroatoms. The van der Waals surface area contributed by atoms with E-state index in [4.69, 9.17) is 0 Å². The Morgan fingerprint density at radius 2 is 2.04 bits per heavy atom. The molecule has 0 spiro atoms. The third kappa shape index (κ3) is 3.27. The molecule has 0 saturated heterocycles. The summed E-state index contributed by atoms with van der Waals surface area (Å²) in [5, 5.41) is 5.44. The van der Waals surface area contributed by atoms with Gasteiger partial charge in [0.1, 0.15) is 12.0 Å². The highest BCUT2D eigenvalue weighted by atomic mass is 19.3. The fourth-order valence-corrected chi connectivity index (χ4v) is 3.97. The van der Waals surface area contributed by atoms with Crippen molar-refractivity contribution in [2.45, 2.75) is 51.0 Å². The molecular weight excluding hydrogens is 324 g/mol. The average Bonchev–Trinajstić information content (AvgIpc) is 3.36. The smallest absolute Gasteiger partial charge is 0.238 e. The Balaban J connectivity index is 1.64. The lowest BCUT2D eigenvalue weighted by Crippen LogP contribution is -2.19. The summed E-state index contributed by atoms with van der Waals surface area (Å²) in [7, 11) is 0. The van der Waals surface area contributed by atoms with Crippen LogP contribution in [0.25, 0.3) is 22.3 Å². The quantitative estimate of drug-likeness (QED) is 0.710. The van der Waals surface area contributed by atoms with Crippen LogP contribution in [-0.2, 0) is 0 Å². The molecule has 132 valence electrons. The van der Waals surface area contributed by atoms with E-state index in [1.807, 2.05) is 23.1 Å². The molecule has 1 aliphatic carbocycles. The molecule has 1 saturated carbocycles. The highest BCUT2D eigenvalue weighted by molar-refractivity contribution is 5.89. The summed E-state index contributed by atoms with van der Waals surface area (Å²) in [4.78, 5) is 11.7. The predicted molar refractivity (Wildman–Crippen MR) is 91.3 cm³/mol. The Bertz CT molecular complexity index is 835. The van der Waals surface area contributed by atoms with Crippen molar-refractivity contribution >= 4 is 11.0 Å². The molecule has 1 N–H and O–H groups in total. The minimum absolute atomic E-state index is 0.0359. The minimum Gasteiger partial charge on any atom is -0.346 e. The highest BCUT2D eigenvalue weighted by Gasteiger charge is 2.28. The first-order valence-electron chi connectivity index (χ1n) is 8.83. The van der Waals surface area contributed by atoms with Gasteiger partial charge in [0.15, 0.2) is 0 Å².